The number of benzene rings is 3. The van der Waals surface area contributed by atoms with Gasteiger partial charge >= 0.3 is 5.69 Å². The number of nitrogens with zero attached hydrogens (tertiary/aromatic N) is 4. The number of aromatic nitrogens is 3. The van der Waals surface area contributed by atoms with Gasteiger partial charge in [-0.2, -0.15) is 0 Å². The molecule has 254 valence electrons. The predicted octanol–water partition coefficient (Wildman–Crippen LogP) is 6.53. The minimum Gasteiger partial charge on any atom is -0.508 e. The normalized spacial score (nSPS) is 18.6. The maximum absolute atomic E-state index is 14.5. The summed E-state index contributed by atoms with van der Waals surface area (Å²) >= 11 is 0. The van der Waals surface area contributed by atoms with E-state index in [9.17, 15) is 27.9 Å². The predicted molar refractivity (Wildman–Crippen MR) is 180 cm³/mol. The highest BCUT2D eigenvalue weighted by Crippen LogP contribution is 2.34. The summed E-state index contributed by atoms with van der Waals surface area (Å²) in [6.45, 7) is 3.42. The maximum atomic E-state index is 14.5. The van der Waals surface area contributed by atoms with Crippen LogP contribution in [0, 0.1) is 23.4 Å². The van der Waals surface area contributed by atoms with E-state index in [1.165, 1.54) is 15.2 Å². The summed E-state index contributed by atoms with van der Waals surface area (Å²) in [5.41, 5.74) is 2.33. The molecule has 0 spiro atoms. The van der Waals surface area contributed by atoms with Crippen LogP contribution in [-0.4, -0.2) is 50.4 Å². The molecule has 7 rings (SSSR count). The van der Waals surface area contributed by atoms with Crippen molar-refractivity contribution < 1.29 is 23.0 Å². The van der Waals surface area contributed by atoms with Gasteiger partial charge in [0.2, 0.25) is 0 Å². The van der Waals surface area contributed by atoms with Gasteiger partial charge in [-0.25, -0.2) is 27.5 Å². The number of pyridine rings is 1. The fraction of sp³-hybridized carbons (Fsp3) is 0.342. The molecule has 8 nitrogen and oxygen atoms in total. The van der Waals surface area contributed by atoms with Crippen molar-refractivity contribution in [2.45, 2.75) is 51.1 Å². The number of halogens is 3. The Kier molecular flexibility index (Phi) is 9.38. The van der Waals surface area contributed by atoms with Crippen LogP contribution in [0.3, 0.4) is 0 Å². The van der Waals surface area contributed by atoms with E-state index in [0.717, 1.165) is 54.2 Å². The first-order valence-corrected chi connectivity index (χ1v) is 16.7. The van der Waals surface area contributed by atoms with Gasteiger partial charge < -0.3 is 9.84 Å². The molecule has 0 unspecified atom stereocenters. The lowest BCUT2D eigenvalue weighted by atomic mass is 9.82. The van der Waals surface area contributed by atoms with Crippen LogP contribution in [-0.2, 0) is 17.7 Å². The van der Waals surface area contributed by atoms with Crippen molar-refractivity contribution in [2.24, 2.45) is 5.92 Å². The molecule has 49 heavy (non-hydrogen) atoms. The molecule has 2 fully saturated rings. The van der Waals surface area contributed by atoms with Gasteiger partial charge in [-0.1, -0.05) is 18.2 Å². The van der Waals surface area contributed by atoms with E-state index in [1.807, 2.05) is 24.3 Å². The number of hydrogen-bond donors (Lipinski definition) is 1. The van der Waals surface area contributed by atoms with Crippen molar-refractivity contribution in [2.75, 3.05) is 26.3 Å². The van der Waals surface area contributed by atoms with E-state index >= 15 is 0 Å². The molecule has 0 radical (unpaired) electrons. The van der Waals surface area contributed by atoms with Gasteiger partial charge in [0.1, 0.15) is 23.2 Å². The van der Waals surface area contributed by atoms with Crippen LogP contribution in [0.4, 0.5) is 13.2 Å². The number of rotatable bonds is 8. The number of morpholine rings is 1. The van der Waals surface area contributed by atoms with Crippen molar-refractivity contribution in [3.8, 4) is 22.6 Å². The van der Waals surface area contributed by atoms with Crippen molar-refractivity contribution in [1.82, 2.24) is 19.0 Å². The third-order valence-corrected chi connectivity index (χ3v) is 9.90. The molecule has 0 atom stereocenters. The number of phenols is 1. The Bertz CT molecular complexity index is 2120. The van der Waals surface area contributed by atoms with E-state index in [4.69, 9.17) is 4.74 Å². The summed E-state index contributed by atoms with van der Waals surface area (Å²) < 4.78 is 50.5. The fourth-order valence-corrected chi connectivity index (χ4v) is 7.33. The summed E-state index contributed by atoms with van der Waals surface area (Å²) in [5, 5.41) is 10.3. The first-order valence-electron chi connectivity index (χ1n) is 16.7. The number of aromatic hydroxyl groups is 1. The number of phenolic OH excluding ortho intramolecular Hbond substituents is 1. The summed E-state index contributed by atoms with van der Waals surface area (Å²) in [4.78, 5) is 34.6. The van der Waals surface area contributed by atoms with Crippen LogP contribution < -0.4 is 11.2 Å². The Morgan fingerprint density at radius 2 is 1.65 bits per heavy atom. The molecular formula is C38H37F3N4O4. The standard InChI is InChI=1S/C38H37F3N4O4/c39-28-8-13-35(41)26(18-28)7-4-24-5-9-30(10-6-24)45-37(47)34-21-29(40)22-42-36(34)44(38(45)48)31-3-1-2-25(19-31)33-12-11-32(46)20-27(33)23-43-14-16-49-17-15-43/h1-3,8,11-13,18-22,24,30,46H,4-7,9-10,14-17,23H2. The number of hydrogen-bond acceptors (Lipinski definition) is 6. The van der Waals surface area contributed by atoms with E-state index in [2.05, 4.69) is 9.88 Å². The summed E-state index contributed by atoms with van der Waals surface area (Å²) in [6.07, 6.45) is 4.55. The van der Waals surface area contributed by atoms with Crippen LogP contribution in [0.25, 0.3) is 27.8 Å². The van der Waals surface area contributed by atoms with Crippen LogP contribution >= 0.6 is 0 Å². The lowest BCUT2D eigenvalue weighted by Gasteiger charge is -2.30. The van der Waals surface area contributed by atoms with Crippen molar-refractivity contribution >= 4 is 11.0 Å². The molecule has 2 aliphatic rings. The van der Waals surface area contributed by atoms with Crippen molar-refractivity contribution in [1.29, 1.82) is 0 Å². The Labute approximate surface area is 281 Å². The fourth-order valence-electron chi connectivity index (χ4n) is 7.33. The second-order valence-corrected chi connectivity index (χ2v) is 13.0. The van der Waals surface area contributed by atoms with Crippen molar-refractivity contribution in [3.05, 3.63) is 122 Å². The average Bonchev–Trinajstić information content (AvgIpc) is 3.10. The third kappa shape index (κ3) is 6.91. The SMILES string of the molecule is O=c1c2cc(F)cnc2n(-c2cccc(-c3ccc(O)cc3CN3CCOCC3)c2)c(=O)n1C1CCC(CCc2cc(F)ccc2F)CC1. The van der Waals surface area contributed by atoms with Crippen LogP contribution in [0.5, 0.6) is 5.75 Å². The molecule has 1 N–H and O–H groups in total. The van der Waals surface area contributed by atoms with Crippen LogP contribution in [0.15, 0.2) is 82.5 Å². The zero-order chi connectivity index (χ0) is 34.1. The Morgan fingerprint density at radius 3 is 2.45 bits per heavy atom. The third-order valence-electron chi connectivity index (χ3n) is 9.90. The van der Waals surface area contributed by atoms with E-state index in [0.29, 0.717) is 69.5 Å². The first-order chi connectivity index (χ1) is 23.7. The highest BCUT2D eigenvalue weighted by atomic mass is 19.1. The van der Waals surface area contributed by atoms with Gasteiger partial charge in [-0.3, -0.25) is 14.3 Å². The number of ether oxygens (including phenoxy) is 1. The van der Waals surface area contributed by atoms with Crippen LogP contribution in [0.1, 0.15) is 49.3 Å². The molecule has 11 heteroatoms. The van der Waals surface area contributed by atoms with Gasteiger partial charge in [0.05, 0.1) is 30.5 Å². The summed E-state index contributed by atoms with van der Waals surface area (Å²) in [6, 6.07) is 16.7. The van der Waals surface area contributed by atoms with E-state index in [-0.39, 0.29) is 22.7 Å². The molecule has 1 aliphatic carbocycles. The maximum Gasteiger partial charge on any atom is 0.337 e. The van der Waals surface area contributed by atoms with E-state index in [1.54, 1.807) is 18.2 Å². The second kappa shape index (κ2) is 14.0. The monoisotopic (exact) mass is 670 g/mol. The number of aryl methyl sites for hydroxylation is 1. The highest BCUT2D eigenvalue weighted by molar-refractivity contribution is 5.77. The molecule has 1 saturated heterocycles. The average molecular weight is 671 g/mol. The lowest BCUT2D eigenvalue weighted by molar-refractivity contribution is 0.0342. The quantitative estimate of drug-likeness (QED) is 0.202. The van der Waals surface area contributed by atoms with Gasteiger partial charge in [0, 0.05) is 25.7 Å². The smallest absolute Gasteiger partial charge is 0.337 e. The van der Waals surface area contributed by atoms with Gasteiger partial charge in [0.15, 0.2) is 5.65 Å². The first kappa shape index (κ1) is 32.8. The highest BCUT2D eigenvalue weighted by Gasteiger charge is 2.28. The minimum atomic E-state index is -0.680. The Morgan fingerprint density at radius 1 is 0.857 bits per heavy atom. The zero-order valence-electron chi connectivity index (χ0n) is 27.0. The largest absolute Gasteiger partial charge is 0.508 e. The molecule has 1 saturated carbocycles. The molecule has 0 bridgehead atoms. The Balaban J connectivity index is 1.22. The number of fused-ring (bicyclic) bond motifs is 1. The van der Waals surface area contributed by atoms with Gasteiger partial charge in [0.25, 0.3) is 5.56 Å². The molecule has 3 heterocycles. The lowest BCUT2D eigenvalue weighted by Crippen LogP contribution is -2.43. The van der Waals surface area contributed by atoms with Crippen molar-refractivity contribution in [3.63, 3.8) is 0 Å². The topological polar surface area (TPSA) is 89.6 Å². The van der Waals surface area contributed by atoms with E-state index < -0.39 is 34.7 Å². The minimum absolute atomic E-state index is 0.00588. The molecule has 3 aromatic carbocycles. The molecule has 2 aromatic heterocycles. The van der Waals surface area contributed by atoms with Crippen LogP contribution in [0.2, 0.25) is 0 Å². The summed E-state index contributed by atoms with van der Waals surface area (Å²) in [5.74, 6) is -1.20. The molecular weight excluding hydrogens is 633 g/mol. The van der Waals surface area contributed by atoms with Gasteiger partial charge in [-0.05, 0) is 115 Å². The zero-order valence-corrected chi connectivity index (χ0v) is 27.0. The summed E-state index contributed by atoms with van der Waals surface area (Å²) in [7, 11) is 0. The second-order valence-electron chi connectivity index (χ2n) is 13.0. The molecule has 5 aromatic rings. The molecule has 0 amide bonds. The Hall–Kier alpha value is -4.74. The molecule has 1 aliphatic heterocycles. The van der Waals surface area contributed by atoms with Gasteiger partial charge in [-0.15, -0.1) is 0 Å².